The molecule has 1 aromatic rings. The van der Waals surface area contributed by atoms with E-state index in [1.807, 2.05) is 31.3 Å². The zero-order chi connectivity index (χ0) is 14.3. The molecular formula is C15H25NO2S. The van der Waals surface area contributed by atoms with E-state index in [4.69, 9.17) is 4.74 Å². The van der Waals surface area contributed by atoms with Crippen LogP contribution >= 0.6 is 0 Å². The third-order valence-corrected chi connectivity index (χ3v) is 5.03. The molecular weight excluding hydrogens is 258 g/mol. The first-order valence-electron chi connectivity index (χ1n) is 6.77. The fourth-order valence-electron chi connectivity index (χ4n) is 1.97. The van der Waals surface area contributed by atoms with Crippen molar-refractivity contribution in [2.45, 2.75) is 26.3 Å². The lowest BCUT2D eigenvalue weighted by Crippen LogP contribution is -2.25. The zero-order valence-corrected chi connectivity index (χ0v) is 13.1. The number of rotatable bonds is 8. The summed E-state index contributed by atoms with van der Waals surface area (Å²) in [5, 5.41) is 3.24. The fourth-order valence-corrected chi connectivity index (χ4v) is 3.70. The van der Waals surface area contributed by atoms with Gasteiger partial charge in [0.1, 0.15) is 5.75 Å². The summed E-state index contributed by atoms with van der Waals surface area (Å²) in [6.07, 6.45) is 1.07. The lowest BCUT2D eigenvalue weighted by molar-refractivity contribution is 0.404. The molecule has 1 rings (SSSR count). The van der Waals surface area contributed by atoms with Gasteiger partial charge in [-0.15, -0.1) is 0 Å². The summed E-state index contributed by atoms with van der Waals surface area (Å²) in [5.74, 6) is 2.75. The summed E-state index contributed by atoms with van der Waals surface area (Å²) in [5.41, 5.74) is 1.07. The van der Waals surface area contributed by atoms with Crippen molar-refractivity contribution in [1.82, 2.24) is 5.32 Å². The highest BCUT2D eigenvalue weighted by molar-refractivity contribution is 7.85. The third kappa shape index (κ3) is 4.96. The van der Waals surface area contributed by atoms with Gasteiger partial charge in [0, 0.05) is 33.9 Å². The fraction of sp³-hybridized carbons (Fsp3) is 0.600. The van der Waals surface area contributed by atoms with Crippen LogP contribution in [0.25, 0.3) is 0 Å². The van der Waals surface area contributed by atoms with Gasteiger partial charge in [0.15, 0.2) is 0 Å². The van der Waals surface area contributed by atoms with Crippen molar-refractivity contribution in [2.75, 3.05) is 25.7 Å². The summed E-state index contributed by atoms with van der Waals surface area (Å²) in [6.45, 7) is 4.28. The second-order valence-corrected chi connectivity index (χ2v) is 6.42. The summed E-state index contributed by atoms with van der Waals surface area (Å²) in [7, 11) is 2.76. The minimum absolute atomic E-state index is 0.0704. The summed E-state index contributed by atoms with van der Waals surface area (Å²) in [6, 6.07) is 7.98. The van der Waals surface area contributed by atoms with Crippen molar-refractivity contribution in [3.8, 4) is 5.75 Å². The van der Waals surface area contributed by atoms with Gasteiger partial charge < -0.3 is 10.1 Å². The molecule has 1 N–H and O–H groups in total. The lowest BCUT2D eigenvalue weighted by Gasteiger charge is -2.19. The summed E-state index contributed by atoms with van der Waals surface area (Å²) >= 11 is 0. The van der Waals surface area contributed by atoms with Crippen molar-refractivity contribution < 1.29 is 8.95 Å². The Morgan fingerprint density at radius 1 is 1.32 bits per heavy atom. The molecule has 4 heteroatoms. The van der Waals surface area contributed by atoms with Crippen molar-refractivity contribution >= 4 is 10.8 Å². The number of para-hydroxylation sites is 1. The second kappa shape index (κ2) is 8.33. The van der Waals surface area contributed by atoms with E-state index in [1.54, 1.807) is 7.11 Å². The van der Waals surface area contributed by atoms with Gasteiger partial charge in [0.25, 0.3) is 0 Å². The van der Waals surface area contributed by atoms with E-state index in [1.165, 1.54) is 0 Å². The standard InChI is InChI=1S/C15H25NO2S/c1-5-12(2)10-19(17)11-14(16-3)13-8-6-7-9-15(13)18-4/h6-9,12,14,16H,5,10-11H2,1-4H3. The Bertz CT molecular complexity index is 409. The van der Waals surface area contributed by atoms with Gasteiger partial charge in [-0.3, -0.25) is 4.21 Å². The normalized spacial score (nSPS) is 15.8. The summed E-state index contributed by atoms with van der Waals surface area (Å²) < 4.78 is 17.6. The SMILES string of the molecule is CCC(C)CS(=O)CC(NC)c1ccccc1OC. The molecule has 19 heavy (non-hydrogen) atoms. The minimum atomic E-state index is -0.809. The Kier molecular flexibility index (Phi) is 7.10. The molecule has 0 aliphatic heterocycles. The highest BCUT2D eigenvalue weighted by Crippen LogP contribution is 2.25. The lowest BCUT2D eigenvalue weighted by atomic mass is 10.1. The van der Waals surface area contributed by atoms with E-state index >= 15 is 0 Å². The molecule has 0 aliphatic rings. The van der Waals surface area contributed by atoms with Crippen molar-refractivity contribution in [3.63, 3.8) is 0 Å². The van der Waals surface area contributed by atoms with Gasteiger partial charge in [-0.1, -0.05) is 38.5 Å². The molecule has 0 fully saturated rings. The largest absolute Gasteiger partial charge is 0.496 e. The van der Waals surface area contributed by atoms with Crippen LogP contribution in [0, 0.1) is 5.92 Å². The molecule has 0 radical (unpaired) electrons. The number of ether oxygens (including phenoxy) is 1. The highest BCUT2D eigenvalue weighted by atomic mass is 32.2. The van der Waals surface area contributed by atoms with Crippen LogP contribution in [0.2, 0.25) is 0 Å². The van der Waals surface area contributed by atoms with Crippen LogP contribution in [0.5, 0.6) is 5.75 Å². The topological polar surface area (TPSA) is 38.3 Å². The Morgan fingerprint density at radius 2 is 2.00 bits per heavy atom. The summed E-state index contributed by atoms with van der Waals surface area (Å²) in [4.78, 5) is 0. The van der Waals surface area contributed by atoms with E-state index < -0.39 is 10.8 Å². The zero-order valence-electron chi connectivity index (χ0n) is 12.3. The van der Waals surface area contributed by atoms with Gasteiger partial charge in [0.05, 0.1) is 7.11 Å². The van der Waals surface area contributed by atoms with Crippen molar-refractivity contribution in [1.29, 1.82) is 0 Å². The molecule has 0 spiro atoms. The highest BCUT2D eigenvalue weighted by Gasteiger charge is 2.17. The number of hydrogen-bond donors (Lipinski definition) is 1. The molecule has 0 bridgehead atoms. The molecule has 3 unspecified atom stereocenters. The first kappa shape index (κ1) is 16.2. The Morgan fingerprint density at radius 3 is 2.58 bits per heavy atom. The Hall–Kier alpha value is -0.870. The van der Waals surface area contributed by atoms with Crippen LogP contribution in [-0.4, -0.2) is 29.9 Å². The van der Waals surface area contributed by atoms with Gasteiger partial charge >= 0.3 is 0 Å². The predicted octanol–water partition coefficient (Wildman–Crippen LogP) is 2.75. The van der Waals surface area contributed by atoms with Gasteiger partial charge in [-0.05, 0) is 19.0 Å². The number of methoxy groups -OCH3 is 1. The molecule has 0 heterocycles. The molecule has 0 saturated carbocycles. The molecule has 3 atom stereocenters. The average molecular weight is 283 g/mol. The Balaban J connectivity index is 2.75. The maximum atomic E-state index is 12.2. The van der Waals surface area contributed by atoms with E-state index in [0.29, 0.717) is 11.7 Å². The van der Waals surface area contributed by atoms with E-state index in [-0.39, 0.29) is 6.04 Å². The van der Waals surface area contributed by atoms with Crippen LogP contribution in [0.4, 0.5) is 0 Å². The first-order chi connectivity index (χ1) is 9.12. The maximum Gasteiger partial charge on any atom is 0.123 e. The molecule has 3 nitrogen and oxygen atoms in total. The van der Waals surface area contributed by atoms with Crippen molar-refractivity contribution in [2.24, 2.45) is 5.92 Å². The second-order valence-electron chi connectivity index (χ2n) is 4.87. The number of benzene rings is 1. The predicted molar refractivity (Wildman–Crippen MR) is 82.1 cm³/mol. The third-order valence-electron chi connectivity index (χ3n) is 3.38. The van der Waals surface area contributed by atoms with Crippen LogP contribution in [-0.2, 0) is 10.8 Å². The minimum Gasteiger partial charge on any atom is -0.496 e. The van der Waals surface area contributed by atoms with Crippen LogP contribution in [0.15, 0.2) is 24.3 Å². The quantitative estimate of drug-likeness (QED) is 0.797. The first-order valence-corrected chi connectivity index (χ1v) is 8.26. The monoisotopic (exact) mass is 283 g/mol. The maximum absolute atomic E-state index is 12.2. The van der Waals surface area contributed by atoms with Crippen LogP contribution in [0.3, 0.4) is 0 Å². The molecule has 0 saturated heterocycles. The van der Waals surface area contributed by atoms with Gasteiger partial charge in [-0.25, -0.2) is 0 Å². The van der Waals surface area contributed by atoms with E-state index in [0.717, 1.165) is 23.5 Å². The average Bonchev–Trinajstić information content (AvgIpc) is 2.44. The smallest absolute Gasteiger partial charge is 0.123 e. The Labute approximate surface area is 119 Å². The molecule has 0 aliphatic carbocycles. The van der Waals surface area contributed by atoms with E-state index in [9.17, 15) is 4.21 Å². The molecule has 108 valence electrons. The molecule has 0 aromatic heterocycles. The van der Waals surface area contributed by atoms with Crippen LogP contribution < -0.4 is 10.1 Å². The van der Waals surface area contributed by atoms with Gasteiger partial charge in [0.2, 0.25) is 0 Å². The van der Waals surface area contributed by atoms with E-state index in [2.05, 4.69) is 19.2 Å². The number of nitrogens with one attached hydrogen (secondary N) is 1. The van der Waals surface area contributed by atoms with Crippen LogP contribution in [0.1, 0.15) is 31.9 Å². The molecule has 0 amide bonds. The van der Waals surface area contributed by atoms with Crippen molar-refractivity contribution in [3.05, 3.63) is 29.8 Å². The van der Waals surface area contributed by atoms with Gasteiger partial charge in [-0.2, -0.15) is 0 Å². The number of hydrogen-bond acceptors (Lipinski definition) is 3. The molecule has 1 aromatic carbocycles.